The predicted octanol–water partition coefficient (Wildman–Crippen LogP) is 2.49. The second-order valence-corrected chi connectivity index (χ2v) is 8.24. The number of hydrogen-bond donors (Lipinski definition) is 0. The van der Waals surface area contributed by atoms with Gasteiger partial charge in [-0.05, 0) is 37.3 Å². The fraction of sp³-hybridized carbons (Fsp3) is 0.588. The third-order valence-electron chi connectivity index (χ3n) is 4.33. The highest BCUT2D eigenvalue weighted by molar-refractivity contribution is 7.92. The third-order valence-corrected chi connectivity index (χ3v) is 5.53. The predicted molar refractivity (Wildman–Crippen MR) is 92.8 cm³/mol. The van der Waals surface area contributed by atoms with E-state index < -0.39 is 10.0 Å². The summed E-state index contributed by atoms with van der Waals surface area (Å²) in [6.07, 6.45) is 4.25. The minimum Gasteiger partial charge on any atom is -0.343 e. The molecule has 23 heavy (non-hydrogen) atoms. The van der Waals surface area contributed by atoms with Crippen molar-refractivity contribution in [2.45, 2.75) is 32.6 Å². The molecule has 0 aliphatic carbocycles. The number of benzene rings is 1. The molecule has 6 heteroatoms. The standard InChI is InChI=1S/C17H26N2O3S/c1-15-10-13-18(14-11-15)17(20)9-6-12-19(23(2,21)22)16-7-4-3-5-8-16/h3-5,7-8,15H,6,9-14H2,1-2H3. The second kappa shape index (κ2) is 7.81. The summed E-state index contributed by atoms with van der Waals surface area (Å²) in [5.74, 6) is 0.830. The number of nitrogens with zero attached hydrogens (tertiary/aromatic N) is 2. The molecule has 0 atom stereocenters. The summed E-state index contributed by atoms with van der Waals surface area (Å²) in [6.45, 7) is 4.20. The van der Waals surface area contributed by atoms with Crippen LogP contribution in [0.3, 0.4) is 0 Å². The molecule has 1 saturated heterocycles. The Labute approximate surface area is 139 Å². The fourth-order valence-corrected chi connectivity index (χ4v) is 3.84. The molecule has 128 valence electrons. The summed E-state index contributed by atoms with van der Waals surface area (Å²) in [4.78, 5) is 14.1. The Balaban J connectivity index is 1.89. The van der Waals surface area contributed by atoms with Crippen LogP contribution in [0.1, 0.15) is 32.6 Å². The van der Waals surface area contributed by atoms with E-state index in [2.05, 4.69) is 6.92 Å². The number of piperidine rings is 1. The maximum atomic E-state index is 12.2. The number of para-hydroxylation sites is 1. The zero-order chi connectivity index (χ0) is 16.9. The van der Waals surface area contributed by atoms with Crippen LogP contribution in [0.2, 0.25) is 0 Å². The summed E-state index contributed by atoms with van der Waals surface area (Å²) in [7, 11) is -3.34. The molecule has 1 heterocycles. The smallest absolute Gasteiger partial charge is 0.232 e. The van der Waals surface area contributed by atoms with Gasteiger partial charge in [0.15, 0.2) is 0 Å². The van der Waals surface area contributed by atoms with Gasteiger partial charge in [0.2, 0.25) is 15.9 Å². The zero-order valence-corrected chi connectivity index (χ0v) is 14.8. The third kappa shape index (κ3) is 5.23. The molecule has 1 aliphatic heterocycles. The van der Waals surface area contributed by atoms with Crippen molar-refractivity contribution in [2.24, 2.45) is 5.92 Å². The van der Waals surface area contributed by atoms with Gasteiger partial charge in [-0.3, -0.25) is 9.10 Å². The molecule has 1 aromatic rings. The van der Waals surface area contributed by atoms with Crippen LogP contribution in [0.15, 0.2) is 30.3 Å². The highest BCUT2D eigenvalue weighted by Crippen LogP contribution is 2.19. The number of likely N-dealkylation sites (tertiary alicyclic amines) is 1. The van der Waals surface area contributed by atoms with E-state index in [4.69, 9.17) is 0 Å². The lowest BCUT2D eigenvalue weighted by atomic mass is 9.99. The molecule has 1 amide bonds. The molecule has 0 bridgehead atoms. The van der Waals surface area contributed by atoms with E-state index in [-0.39, 0.29) is 5.91 Å². The molecule has 1 aliphatic rings. The van der Waals surface area contributed by atoms with Gasteiger partial charge < -0.3 is 4.90 Å². The van der Waals surface area contributed by atoms with Crippen LogP contribution >= 0.6 is 0 Å². The first-order valence-electron chi connectivity index (χ1n) is 8.18. The highest BCUT2D eigenvalue weighted by atomic mass is 32.2. The molecule has 2 rings (SSSR count). The Hall–Kier alpha value is -1.56. The molecule has 0 N–H and O–H groups in total. The normalized spacial score (nSPS) is 16.3. The minimum atomic E-state index is -3.34. The van der Waals surface area contributed by atoms with Gasteiger partial charge in [-0.1, -0.05) is 25.1 Å². The van der Waals surface area contributed by atoms with Crippen LogP contribution in [0.5, 0.6) is 0 Å². The summed E-state index contributed by atoms with van der Waals surface area (Å²) < 4.78 is 25.3. The largest absolute Gasteiger partial charge is 0.343 e. The van der Waals surface area contributed by atoms with E-state index in [1.807, 2.05) is 23.1 Å². The quantitative estimate of drug-likeness (QED) is 0.801. The first kappa shape index (κ1) is 17.8. The van der Waals surface area contributed by atoms with Crippen LogP contribution in [0.4, 0.5) is 5.69 Å². The molecular formula is C17H26N2O3S. The monoisotopic (exact) mass is 338 g/mol. The van der Waals surface area contributed by atoms with Crippen molar-refractivity contribution in [3.63, 3.8) is 0 Å². The Bertz CT molecular complexity index is 608. The van der Waals surface area contributed by atoms with Crippen molar-refractivity contribution in [1.82, 2.24) is 4.90 Å². The van der Waals surface area contributed by atoms with E-state index in [9.17, 15) is 13.2 Å². The molecule has 0 aromatic heterocycles. The zero-order valence-electron chi connectivity index (χ0n) is 13.9. The average Bonchev–Trinajstić information content (AvgIpc) is 2.51. The molecular weight excluding hydrogens is 312 g/mol. The first-order valence-corrected chi connectivity index (χ1v) is 10.0. The van der Waals surface area contributed by atoms with Crippen molar-refractivity contribution < 1.29 is 13.2 Å². The average molecular weight is 338 g/mol. The number of rotatable bonds is 6. The summed E-state index contributed by atoms with van der Waals surface area (Å²) in [6, 6.07) is 9.02. The Morgan fingerprint density at radius 3 is 2.39 bits per heavy atom. The van der Waals surface area contributed by atoms with Crippen molar-refractivity contribution in [2.75, 3.05) is 30.2 Å². The van der Waals surface area contributed by atoms with Crippen LogP contribution in [0, 0.1) is 5.92 Å². The van der Waals surface area contributed by atoms with Crippen LogP contribution in [0.25, 0.3) is 0 Å². The van der Waals surface area contributed by atoms with E-state index in [1.54, 1.807) is 12.1 Å². The summed E-state index contributed by atoms with van der Waals surface area (Å²) in [5, 5.41) is 0. The van der Waals surface area contributed by atoms with Gasteiger partial charge in [-0.15, -0.1) is 0 Å². The lowest BCUT2D eigenvalue weighted by molar-refractivity contribution is -0.132. The lowest BCUT2D eigenvalue weighted by Crippen LogP contribution is -2.38. The van der Waals surface area contributed by atoms with Crippen molar-refractivity contribution in [3.05, 3.63) is 30.3 Å². The number of sulfonamides is 1. The van der Waals surface area contributed by atoms with E-state index >= 15 is 0 Å². The van der Waals surface area contributed by atoms with Gasteiger partial charge >= 0.3 is 0 Å². The highest BCUT2D eigenvalue weighted by Gasteiger charge is 2.21. The Kier molecular flexibility index (Phi) is 6.04. The van der Waals surface area contributed by atoms with Gasteiger partial charge in [0.05, 0.1) is 11.9 Å². The van der Waals surface area contributed by atoms with Crippen molar-refractivity contribution >= 4 is 21.6 Å². The van der Waals surface area contributed by atoms with Gasteiger partial charge in [-0.25, -0.2) is 8.42 Å². The molecule has 0 spiro atoms. The van der Waals surface area contributed by atoms with Gasteiger partial charge in [0, 0.05) is 26.1 Å². The van der Waals surface area contributed by atoms with Gasteiger partial charge in [-0.2, -0.15) is 0 Å². The van der Waals surface area contributed by atoms with E-state index in [0.717, 1.165) is 25.9 Å². The van der Waals surface area contributed by atoms with E-state index in [0.29, 0.717) is 31.0 Å². The second-order valence-electron chi connectivity index (χ2n) is 6.34. The molecule has 1 aromatic carbocycles. The Morgan fingerprint density at radius 2 is 1.83 bits per heavy atom. The first-order chi connectivity index (χ1) is 10.9. The number of hydrogen-bond acceptors (Lipinski definition) is 3. The lowest BCUT2D eigenvalue weighted by Gasteiger charge is -2.30. The number of amides is 1. The van der Waals surface area contributed by atoms with Gasteiger partial charge in [0.1, 0.15) is 0 Å². The van der Waals surface area contributed by atoms with Crippen molar-refractivity contribution in [3.8, 4) is 0 Å². The van der Waals surface area contributed by atoms with E-state index in [1.165, 1.54) is 10.6 Å². The maximum Gasteiger partial charge on any atom is 0.232 e. The molecule has 0 unspecified atom stereocenters. The Morgan fingerprint density at radius 1 is 1.22 bits per heavy atom. The molecule has 1 fully saturated rings. The molecule has 0 radical (unpaired) electrons. The maximum absolute atomic E-state index is 12.2. The fourth-order valence-electron chi connectivity index (χ4n) is 2.87. The van der Waals surface area contributed by atoms with Gasteiger partial charge in [0.25, 0.3) is 0 Å². The SMILES string of the molecule is CC1CCN(C(=O)CCCN(c2ccccc2)S(C)(=O)=O)CC1. The topological polar surface area (TPSA) is 57.7 Å². The van der Waals surface area contributed by atoms with Crippen LogP contribution in [-0.2, 0) is 14.8 Å². The number of carbonyl (C=O) groups is 1. The van der Waals surface area contributed by atoms with Crippen LogP contribution in [-0.4, -0.2) is 45.1 Å². The van der Waals surface area contributed by atoms with Crippen molar-refractivity contribution in [1.29, 1.82) is 0 Å². The number of anilines is 1. The van der Waals surface area contributed by atoms with Crippen LogP contribution < -0.4 is 4.31 Å². The molecule has 0 saturated carbocycles. The number of carbonyl (C=O) groups excluding carboxylic acids is 1. The summed E-state index contributed by atoms with van der Waals surface area (Å²) >= 11 is 0. The summed E-state index contributed by atoms with van der Waals surface area (Å²) in [5.41, 5.74) is 0.647. The minimum absolute atomic E-state index is 0.137. The molecule has 5 nitrogen and oxygen atoms in total.